The Hall–Kier alpha value is -3.02. The summed E-state index contributed by atoms with van der Waals surface area (Å²) < 4.78 is 5.20. The van der Waals surface area contributed by atoms with Gasteiger partial charge in [-0.2, -0.15) is 0 Å². The zero-order valence-corrected chi connectivity index (χ0v) is 14.1. The van der Waals surface area contributed by atoms with Crippen molar-refractivity contribution in [3.63, 3.8) is 0 Å². The van der Waals surface area contributed by atoms with Crippen molar-refractivity contribution in [1.82, 2.24) is 10.6 Å². The molecule has 1 aliphatic heterocycles. The lowest BCUT2D eigenvalue weighted by Crippen LogP contribution is -2.43. The maximum atomic E-state index is 12.3. The third-order valence-electron chi connectivity index (χ3n) is 4.12. The number of ether oxygens (including phenoxy) is 1. The van der Waals surface area contributed by atoms with Crippen molar-refractivity contribution < 1.29 is 14.3 Å². The van der Waals surface area contributed by atoms with Crippen LogP contribution in [-0.4, -0.2) is 31.6 Å². The number of rotatable bonds is 5. The highest BCUT2D eigenvalue weighted by Crippen LogP contribution is 2.25. The maximum Gasteiger partial charge on any atom is 0.315 e. The molecule has 3 amide bonds. The van der Waals surface area contributed by atoms with Gasteiger partial charge in [0.25, 0.3) is 0 Å². The Balaban J connectivity index is 1.54. The molecule has 1 saturated heterocycles. The first-order valence-electron chi connectivity index (χ1n) is 8.18. The molecule has 2 N–H and O–H groups in total. The molecule has 130 valence electrons. The van der Waals surface area contributed by atoms with Gasteiger partial charge < -0.3 is 20.3 Å². The first-order chi connectivity index (χ1) is 12.2. The van der Waals surface area contributed by atoms with E-state index in [0.29, 0.717) is 18.8 Å². The molecule has 0 aromatic heterocycles. The van der Waals surface area contributed by atoms with E-state index in [2.05, 4.69) is 10.6 Å². The van der Waals surface area contributed by atoms with Crippen molar-refractivity contribution in [3.8, 4) is 5.75 Å². The zero-order valence-electron chi connectivity index (χ0n) is 14.1. The third kappa shape index (κ3) is 4.29. The molecule has 0 bridgehead atoms. The van der Waals surface area contributed by atoms with Gasteiger partial charge in [0.2, 0.25) is 5.91 Å². The number of hydrogen-bond acceptors (Lipinski definition) is 3. The SMILES string of the molecule is COc1cccc(N2C[C@@H](NC(=O)NCc3ccccc3)CC2=O)c1. The van der Waals surface area contributed by atoms with E-state index in [-0.39, 0.29) is 24.4 Å². The summed E-state index contributed by atoms with van der Waals surface area (Å²) in [5, 5.41) is 5.68. The number of nitrogens with zero attached hydrogens (tertiary/aromatic N) is 1. The van der Waals surface area contributed by atoms with Crippen LogP contribution in [0, 0.1) is 0 Å². The van der Waals surface area contributed by atoms with Crippen LogP contribution in [-0.2, 0) is 11.3 Å². The lowest BCUT2D eigenvalue weighted by molar-refractivity contribution is -0.117. The van der Waals surface area contributed by atoms with E-state index in [1.54, 1.807) is 12.0 Å². The minimum atomic E-state index is -0.269. The van der Waals surface area contributed by atoms with Crippen molar-refractivity contribution in [1.29, 1.82) is 0 Å². The van der Waals surface area contributed by atoms with Crippen LogP contribution in [0.2, 0.25) is 0 Å². The van der Waals surface area contributed by atoms with Gasteiger partial charge in [0.15, 0.2) is 0 Å². The second-order valence-electron chi connectivity index (χ2n) is 5.92. The van der Waals surface area contributed by atoms with E-state index in [1.165, 1.54) is 0 Å². The quantitative estimate of drug-likeness (QED) is 0.878. The van der Waals surface area contributed by atoms with Crippen LogP contribution in [0.3, 0.4) is 0 Å². The number of anilines is 1. The first kappa shape index (κ1) is 16.8. The molecular weight excluding hydrogens is 318 g/mol. The van der Waals surface area contributed by atoms with Gasteiger partial charge in [-0.05, 0) is 17.7 Å². The maximum absolute atomic E-state index is 12.3. The van der Waals surface area contributed by atoms with E-state index >= 15 is 0 Å². The largest absolute Gasteiger partial charge is 0.497 e. The highest BCUT2D eigenvalue weighted by atomic mass is 16.5. The summed E-state index contributed by atoms with van der Waals surface area (Å²) >= 11 is 0. The summed E-state index contributed by atoms with van der Waals surface area (Å²) in [4.78, 5) is 26.0. The van der Waals surface area contributed by atoms with Crippen molar-refractivity contribution in [2.24, 2.45) is 0 Å². The topological polar surface area (TPSA) is 70.7 Å². The van der Waals surface area contributed by atoms with E-state index in [1.807, 2.05) is 54.6 Å². The number of benzene rings is 2. The molecule has 1 fully saturated rings. The average molecular weight is 339 g/mol. The predicted molar refractivity (Wildman–Crippen MR) is 95.6 cm³/mol. The highest BCUT2D eigenvalue weighted by Gasteiger charge is 2.31. The Bertz CT molecular complexity index is 749. The van der Waals surface area contributed by atoms with Gasteiger partial charge in [0.1, 0.15) is 5.75 Å². The smallest absolute Gasteiger partial charge is 0.315 e. The molecule has 2 aromatic carbocycles. The Morgan fingerprint density at radius 3 is 2.76 bits per heavy atom. The summed E-state index contributed by atoms with van der Waals surface area (Å²) in [6.07, 6.45) is 0.288. The van der Waals surface area contributed by atoms with E-state index in [9.17, 15) is 9.59 Å². The second kappa shape index (κ2) is 7.70. The third-order valence-corrected chi connectivity index (χ3v) is 4.12. The standard InChI is InChI=1S/C19H21N3O3/c1-25-17-9-5-8-16(11-17)22-13-15(10-18(22)23)21-19(24)20-12-14-6-3-2-4-7-14/h2-9,11,15H,10,12-13H2,1H3,(H2,20,21,24)/t15-/m0/s1. The van der Waals surface area contributed by atoms with Crippen LogP contribution in [0.4, 0.5) is 10.5 Å². The zero-order chi connectivity index (χ0) is 17.6. The van der Waals surface area contributed by atoms with Crippen molar-refractivity contribution in [3.05, 3.63) is 60.2 Å². The minimum absolute atomic E-state index is 0.0124. The molecule has 0 saturated carbocycles. The van der Waals surface area contributed by atoms with Crippen LogP contribution >= 0.6 is 0 Å². The van der Waals surface area contributed by atoms with Crippen LogP contribution in [0.25, 0.3) is 0 Å². The Morgan fingerprint density at radius 1 is 1.20 bits per heavy atom. The molecular formula is C19H21N3O3. The minimum Gasteiger partial charge on any atom is -0.497 e. The van der Waals surface area contributed by atoms with Gasteiger partial charge in [-0.3, -0.25) is 4.79 Å². The average Bonchev–Trinajstić information content (AvgIpc) is 3.01. The molecule has 1 atom stereocenters. The number of amides is 3. The van der Waals surface area contributed by atoms with Gasteiger partial charge in [-0.25, -0.2) is 4.79 Å². The van der Waals surface area contributed by atoms with Crippen LogP contribution in [0.5, 0.6) is 5.75 Å². The van der Waals surface area contributed by atoms with E-state index in [0.717, 1.165) is 11.3 Å². The molecule has 1 aliphatic rings. The van der Waals surface area contributed by atoms with Crippen LogP contribution in [0.1, 0.15) is 12.0 Å². The Morgan fingerprint density at radius 2 is 2.00 bits per heavy atom. The summed E-state index contributed by atoms with van der Waals surface area (Å²) in [5.74, 6) is 0.684. The fourth-order valence-electron chi connectivity index (χ4n) is 2.85. The van der Waals surface area contributed by atoms with Gasteiger partial charge in [0, 0.05) is 31.3 Å². The molecule has 1 heterocycles. The van der Waals surface area contributed by atoms with Gasteiger partial charge in [-0.1, -0.05) is 36.4 Å². The Labute approximate surface area is 146 Å². The molecule has 6 heteroatoms. The lowest BCUT2D eigenvalue weighted by atomic mass is 10.2. The highest BCUT2D eigenvalue weighted by molar-refractivity contribution is 5.97. The number of urea groups is 1. The summed E-state index contributed by atoms with van der Waals surface area (Å²) in [6.45, 7) is 0.900. The van der Waals surface area contributed by atoms with Crippen molar-refractivity contribution >= 4 is 17.6 Å². The van der Waals surface area contributed by atoms with E-state index in [4.69, 9.17) is 4.74 Å². The second-order valence-corrected chi connectivity index (χ2v) is 5.92. The Kier molecular flexibility index (Phi) is 5.18. The fraction of sp³-hybridized carbons (Fsp3) is 0.263. The van der Waals surface area contributed by atoms with Gasteiger partial charge >= 0.3 is 6.03 Å². The number of hydrogen-bond donors (Lipinski definition) is 2. The first-order valence-corrected chi connectivity index (χ1v) is 8.18. The van der Waals surface area contributed by atoms with Crippen molar-refractivity contribution in [2.45, 2.75) is 19.0 Å². The predicted octanol–water partition coefficient (Wildman–Crippen LogP) is 2.30. The molecule has 0 aliphatic carbocycles. The molecule has 25 heavy (non-hydrogen) atoms. The summed E-state index contributed by atoms with van der Waals surface area (Å²) in [7, 11) is 1.59. The van der Waals surface area contributed by atoms with Crippen molar-refractivity contribution in [2.75, 3.05) is 18.6 Å². The lowest BCUT2D eigenvalue weighted by Gasteiger charge is -2.18. The normalized spacial score (nSPS) is 16.6. The van der Waals surface area contributed by atoms with Gasteiger partial charge in [0.05, 0.1) is 13.2 Å². The summed E-state index contributed by atoms with van der Waals surface area (Å²) in [6, 6.07) is 16.5. The number of nitrogens with one attached hydrogen (secondary N) is 2. The molecule has 0 unspecified atom stereocenters. The molecule has 0 spiro atoms. The molecule has 2 aromatic rings. The van der Waals surface area contributed by atoms with Crippen LogP contribution < -0.4 is 20.3 Å². The number of carbonyl (C=O) groups is 2. The van der Waals surface area contributed by atoms with Crippen LogP contribution in [0.15, 0.2) is 54.6 Å². The summed E-state index contributed by atoms with van der Waals surface area (Å²) in [5.41, 5.74) is 1.80. The molecule has 6 nitrogen and oxygen atoms in total. The molecule has 3 rings (SSSR count). The number of carbonyl (C=O) groups excluding carboxylic acids is 2. The van der Waals surface area contributed by atoms with E-state index < -0.39 is 0 Å². The fourth-order valence-corrected chi connectivity index (χ4v) is 2.85. The monoisotopic (exact) mass is 339 g/mol. The molecule has 0 radical (unpaired) electrons. The number of methoxy groups -OCH3 is 1. The van der Waals surface area contributed by atoms with Gasteiger partial charge in [-0.15, -0.1) is 0 Å².